The van der Waals surface area contributed by atoms with Crippen LogP contribution < -0.4 is 0 Å². The molecule has 0 aliphatic heterocycles. The van der Waals surface area contributed by atoms with Crippen molar-refractivity contribution in [3.8, 4) is 0 Å². The SMILES string of the molecule is BrC(c1ccccc1)C1CCC(C(Br)c2ccccc2)CC1.O=C(c1ccccc1)C1CCC(C(=O)c2ccccc2)CC1.c1ccc(CC2CCC(Cc3ccccc3)CC2)cc1. The zero-order valence-electron chi connectivity index (χ0n) is 37.4. The van der Waals surface area contributed by atoms with Gasteiger partial charge < -0.3 is 0 Å². The van der Waals surface area contributed by atoms with Gasteiger partial charge in [0.2, 0.25) is 0 Å². The first kappa shape index (κ1) is 47.6. The lowest BCUT2D eigenvalue weighted by atomic mass is 9.76. The second kappa shape index (κ2) is 25.4. The largest absolute Gasteiger partial charge is 0.294 e. The molecule has 0 heterocycles. The molecule has 3 aliphatic rings. The first-order chi connectivity index (χ1) is 31.4. The van der Waals surface area contributed by atoms with Gasteiger partial charge in [-0.05, 0) is 136 Å². The smallest absolute Gasteiger partial charge is 0.165 e. The maximum Gasteiger partial charge on any atom is 0.165 e. The third kappa shape index (κ3) is 14.3. The molecule has 0 spiro atoms. The van der Waals surface area contributed by atoms with Crippen molar-refractivity contribution in [3.63, 3.8) is 0 Å². The summed E-state index contributed by atoms with van der Waals surface area (Å²) in [6.45, 7) is 0. The van der Waals surface area contributed by atoms with E-state index >= 15 is 0 Å². The van der Waals surface area contributed by atoms with E-state index in [1.165, 1.54) is 86.5 Å². The van der Waals surface area contributed by atoms with Crippen LogP contribution in [0.5, 0.6) is 0 Å². The number of Topliss-reactive ketones (excluding diaryl/α,β-unsaturated/α-hetero) is 2. The van der Waals surface area contributed by atoms with Gasteiger partial charge in [-0.2, -0.15) is 0 Å². The summed E-state index contributed by atoms with van der Waals surface area (Å²) in [6.07, 6.45) is 16.7. The number of rotatable bonds is 12. The minimum absolute atomic E-state index is 0.0715. The fraction of sp³-hybridized carbons (Fsp3) is 0.367. The van der Waals surface area contributed by atoms with E-state index in [0.717, 1.165) is 60.5 Å². The maximum absolute atomic E-state index is 12.5. The molecule has 64 heavy (non-hydrogen) atoms. The van der Waals surface area contributed by atoms with E-state index in [1.807, 2.05) is 60.7 Å². The van der Waals surface area contributed by atoms with Crippen LogP contribution in [0.4, 0.5) is 0 Å². The molecular weight excluding hydrogens is 912 g/mol. The Bertz CT molecular complexity index is 2050. The molecular formula is C60H66Br2O2. The van der Waals surface area contributed by atoms with E-state index in [0.29, 0.717) is 9.65 Å². The average Bonchev–Trinajstić information content (AvgIpc) is 3.38. The van der Waals surface area contributed by atoms with Gasteiger partial charge in [0, 0.05) is 32.6 Å². The molecule has 0 bridgehead atoms. The molecule has 2 nitrogen and oxygen atoms in total. The average molecular weight is 979 g/mol. The summed E-state index contributed by atoms with van der Waals surface area (Å²) in [6, 6.07) is 62.6. The monoisotopic (exact) mass is 976 g/mol. The van der Waals surface area contributed by atoms with Crippen molar-refractivity contribution in [1.82, 2.24) is 0 Å². The van der Waals surface area contributed by atoms with Gasteiger partial charge in [0.25, 0.3) is 0 Å². The van der Waals surface area contributed by atoms with Crippen LogP contribution in [0.25, 0.3) is 0 Å². The lowest BCUT2D eigenvalue weighted by molar-refractivity contribution is 0.0797. The summed E-state index contributed by atoms with van der Waals surface area (Å²) in [7, 11) is 0. The number of alkyl halides is 2. The van der Waals surface area contributed by atoms with Crippen LogP contribution in [0.2, 0.25) is 0 Å². The molecule has 0 saturated heterocycles. The Hall–Kier alpha value is -4.38. The van der Waals surface area contributed by atoms with Crippen LogP contribution in [-0.2, 0) is 12.8 Å². The number of hydrogen-bond acceptors (Lipinski definition) is 2. The van der Waals surface area contributed by atoms with E-state index in [-0.39, 0.29) is 23.4 Å². The predicted molar refractivity (Wildman–Crippen MR) is 274 cm³/mol. The number of carbonyl (C=O) groups excluding carboxylic acids is 2. The molecule has 332 valence electrons. The number of carbonyl (C=O) groups is 2. The van der Waals surface area contributed by atoms with Gasteiger partial charge in [-0.3, -0.25) is 9.59 Å². The van der Waals surface area contributed by atoms with Crippen molar-refractivity contribution in [3.05, 3.63) is 215 Å². The molecule has 2 atom stereocenters. The highest BCUT2D eigenvalue weighted by Crippen LogP contribution is 2.47. The van der Waals surface area contributed by atoms with Crippen molar-refractivity contribution in [1.29, 1.82) is 0 Å². The third-order valence-corrected chi connectivity index (χ3v) is 16.7. The van der Waals surface area contributed by atoms with Crippen molar-refractivity contribution >= 4 is 43.4 Å². The Labute approximate surface area is 401 Å². The summed E-state index contributed by atoms with van der Waals surface area (Å²) in [5.74, 6) is 3.93. The molecule has 9 rings (SSSR count). The van der Waals surface area contributed by atoms with Crippen LogP contribution >= 0.6 is 31.9 Å². The van der Waals surface area contributed by atoms with Crippen molar-refractivity contribution in [2.75, 3.05) is 0 Å². The van der Waals surface area contributed by atoms with Gasteiger partial charge in [0.1, 0.15) is 0 Å². The maximum atomic E-state index is 12.5. The fourth-order valence-electron chi connectivity index (χ4n) is 10.4. The van der Waals surface area contributed by atoms with Crippen LogP contribution in [0.3, 0.4) is 0 Å². The van der Waals surface area contributed by atoms with Crippen LogP contribution in [-0.4, -0.2) is 11.6 Å². The highest BCUT2D eigenvalue weighted by molar-refractivity contribution is 9.09. The second-order valence-corrected chi connectivity index (χ2v) is 20.5. The molecule has 3 aliphatic carbocycles. The zero-order chi connectivity index (χ0) is 44.4. The molecule has 4 heteroatoms. The molecule has 3 saturated carbocycles. The summed E-state index contributed by atoms with van der Waals surface area (Å²) < 4.78 is 0. The van der Waals surface area contributed by atoms with Gasteiger partial charge >= 0.3 is 0 Å². The summed E-state index contributed by atoms with van der Waals surface area (Å²) >= 11 is 7.88. The van der Waals surface area contributed by atoms with Crippen molar-refractivity contribution < 1.29 is 9.59 Å². The number of benzene rings is 6. The van der Waals surface area contributed by atoms with E-state index in [2.05, 4.69) is 153 Å². The van der Waals surface area contributed by atoms with Crippen molar-refractivity contribution in [2.24, 2.45) is 35.5 Å². The van der Waals surface area contributed by atoms with E-state index < -0.39 is 0 Å². The number of ketones is 2. The summed E-state index contributed by atoms with van der Waals surface area (Å²) in [5, 5.41) is 0. The quantitative estimate of drug-likeness (QED) is 0.0904. The minimum atomic E-state index is 0.0715. The highest BCUT2D eigenvalue weighted by atomic mass is 79.9. The van der Waals surface area contributed by atoms with Crippen LogP contribution in [0.1, 0.15) is 130 Å². The molecule has 0 amide bonds. The van der Waals surface area contributed by atoms with Gasteiger partial charge in [0.15, 0.2) is 11.6 Å². The second-order valence-electron chi connectivity index (χ2n) is 18.6. The lowest BCUT2D eigenvalue weighted by Crippen LogP contribution is -2.26. The first-order valence-electron chi connectivity index (χ1n) is 24.1. The van der Waals surface area contributed by atoms with Gasteiger partial charge in [0.05, 0.1) is 0 Å². The molecule has 6 aromatic carbocycles. The van der Waals surface area contributed by atoms with E-state index in [9.17, 15) is 9.59 Å². The van der Waals surface area contributed by atoms with E-state index in [4.69, 9.17) is 0 Å². The fourth-order valence-corrected chi connectivity index (χ4v) is 12.0. The molecule has 0 aromatic heterocycles. The molecule has 0 radical (unpaired) electrons. The molecule has 6 aromatic rings. The molecule has 3 fully saturated rings. The Balaban J connectivity index is 0.000000144. The standard InChI is InChI=1S/C20H22Br2.C20H20O2.C20H24/c2*21-19(15-7-3-1-4-8-15)17-11-13-18(14-12-17)20(22)16-9-5-2-6-10-16;1-3-7-17(8-4-1)15-19-11-13-20(14-12-19)16-18-9-5-2-6-10-18/h1-10,17-20H,11-14H2;1-10,17-18H,11-14H2;1-10,19-20H,11-16H2. The van der Waals surface area contributed by atoms with Crippen LogP contribution in [0, 0.1) is 35.5 Å². The van der Waals surface area contributed by atoms with E-state index in [1.54, 1.807) is 0 Å². The Morgan fingerprint density at radius 1 is 0.359 bits per heavy atom. The highest BCUT2D eigenvalue weighted by Gasteiger charge is 2.32. The lowest BCUT2D eigenvalue weighted by Gasteiger charge is -2.34. The Morgan fingerprint density at radius 3 is 0.922 bits per heavy atom. The number of hydrogen-bond donors (Lipinski definition) is 0. The third-order valence-electron chi connectivity index (χ3n) is 14.2. The van der Waals surface area contributed by atoms with Gasteiger partial charge in [-0.25, -0.2) is 0 Å². The van der Waals surface area contributed by atoms with Crippen molar-refractivity contribution in [2.45, 2.75) is 99.5 Å². The number of halogens is 2. The molecule has 0 N–H and O–H groups in total. The summed E-state index contributed by atoms with van der Waals surface area (Å²) in [5.41, 5.74) is 7.45. The van der Waals surface area contributed by atoms with Gasteiger partial charge in [-0.1, -0.05) is 214 Å². The first-order valence-corrected chi connectivity index (χ1v) is 25.9. The Morgan fingerprint density at radius 2 is 0.625 bits per heavy atom. The predicted octanol–water partition coefficient (Wildman–Crippen LogP) is 16.9. The zero-order valence-corrected chi connectivity index (χ0v) is 40.6. The minimum Gasteiger partial charge on any atom is -0.294 e. The Kier molecular flexibility index (Phi) is 18.8. The van der Waals surface area contributed by atoms with Crippen LogP contribution in [0.15, 0.2) is 182 Å². The topological polar surface area (TPSA) is 34.1 Å². The van der Waals surface area contributed by atoms with Gasteiger partial charge in [-0.15, -0.1) is 0 Å². The summed E-state index contributed by atoms with van der Waals surface area (Å²) in [4.78, 5) is 25.9. The normalized spacial score (nSPS) is 22.8. The molecule has 2 unspecified atom stereocenters.